The Kier molecular flexibility index (Phi) is 16.0. The number of nitrogens with one attached hydrogen (secondary N) is 2. The van der Waals surface area contributed by atoms with Crippen LogP contribution in [0.1, 0.15) is 27.7 Å². The van der Waals surface area contributed by atoms with Crippen molar-refractivity contribution in [2.24, 2.45) is 0 Å². The van der Waals surface area contributed by atoms with Crippen LogP contribution >= 0.6 is 15.0 Å². The van der Waals surface area contributed by atoms with Gasteiger partial charge in [0.15, 0.2) is 22.9 Å². The van der Waals surface area contributed by atoms with Gasteiger partial charge in [0.2, 0.25) is 0 Å². The van der Waals surface area contributed by atoms with E-state index in [4.69, 9.17) is 39.5 Å². The smallest absolute Gasteiger partial charge is 0.342 e. The van der Waals surface area contributed by atoms with Crippen molar-refractivity contribution in [2.45, 2.75) is 65.1 Å². The molecule has 0 aliphatic heterocycles. The molecule has 0 fully saturated rings. The number of nitrogens with zero attached hydrogens (tertiary/aromatic N) is 8. The van der Waals surface area contributed by atoms with Gasteiger partial charge < -0.3 is 48.6 Å². The van der Waals surface area contributed by atoms with Gasteiger partial charge in [-0.3, -0.25) is 9.13 Å². The molecule has 6 atom stereocenters. The van der Waals surface area contributed by atoms with Gasteiger partial charge in [-0.25, -0.2) is 59.3 Å². The Morgan fingerprint density at radius 2 is 0.985 bits per heavy atom. The van der Waals surface area contributed by atoms with Crippen molar-refractivity contribution in [1.29, 1.82) is 0 Å². The predicted molar refractivity (Wildman–Crippen MR) is 236 cm³/mol. The van der Waals surface area contributed by atoms with Crippen LogP contribution in [0.3, 0.4) is 0 Å². The second-order valence-electron chi connectivity index (χ2n) is 14.5. The molecular weight excluding hydrogens is 902 g/mol. The van der Waals surface area contributed by atoms with E-state index in [0.29, 0.717) is 34.5 Å². The molecule has 0 saturated carbocycles. The van der Waals surface area contributed by atoms with Crippen LogP contribution in [0.25, 0.3) is 22.3 Å². The minimum Gasteiger partial charge on any atom is -0.431 e. The lowest BCUT2D eigenvalue weighted by Gasteiger charge is -2.25. The molecule has 6 rings (SSSR count). The van der Waals surface area contributed by atoms with E-state index in [1.165, 1.54) is 39.2 Å². The van der Waals surface area contributed by atoms with E-state index in [2.05, 4.69) is 40.1 Å². The van der Waals surface area contributed by atoms with E-state index in [9.17, 15) is 28.3 Å². The Morgan fingerprint density at radius 3 is 1.36 bits per heavy atom. The summed E-state index contributed by atoms with van der Waals surface area (Å²) in [6.07, 6.45) is 4.49. The number of anilines is 2. The number of hydrogen-bond acceptors (Lipinski definition) is 20. The Balaban J connectivity index is 1.00. The Morgan fingerprint density at radius 1 is 0.606 bits per heavy atom. The number of rotatable bonds is 22. The van der Waals surface area contributed by atoms with Crippen LogP contribution in [0.4, 0.5) is 11.6 Å². The fraction of sp³-hybridized carbons (Fsp3) is 0.300. The molecule has 0 radical (unpaired) electrons. The molecule has 0 saturated heterocycles. The molecule has 6 N–H and O–H groups in total. The van der Waals surface area contributed by atoms with E-state index in [-0.39, 0.29) is 36.2 Å². The van der Waals surface area contributed by atoms with E-state index < -0.39 is 75.9 Å². The predicted octanol–water partition coefficient (Wildman–Crippen LogP) is 3.75. The van der Waals surface area contributed by atoms with Crippen LogP contribution in [0.2, 0.25) is 0 Å². The first-order valence-corrected chi connectivity index (χ1v) is 23.6. The minimum atomic E-state index is -4.06. The number of hydrogen-bond donors (Lipinski definition) is 4. The summed E-state index contributed by atoms with van der Waals surface area (Å²) < 4.78 is 64.5. The number of nitrogen functional groups attached to an aromatic ring is 2. The fourth-order valence-corrected chi connectivity index (χ4v) is 9.51. The number of benzene rings is 2. The van der Waals surface area contributed by atoms with Gasteiger partial charge in [-0.15, -0.1) is 0 Å². The zero-order valence-electron chi connectivity index (χ0n) is 35.9. The van der Waals surface area contributed by atoms with Gasteiger partial charge in [0.05, 0.1) is 38.0 Å². The summed E-state index contributed by atoms with van der Waals surface area (Å²) in [6, 6.07) is 13.4. The molecule has 4 aromatic heterocycles. The van der Waals surface area contributed by atoms with E-state index in [0.717, 1.165) is 0 Å². The molecule has 4 heterocycles. The van der Waals surface area contributed by atoms with Crippen molar-refractivity contribution in [1.82, 2.24) is 49.2 Å². The monoisotopic (exact) mass is 948 g/mol. The fourth-order valence-electron chi connectivity index (χ4n) is 5.93. The summed E-state index contributed by atoms with van der Waals surface area (Å²) >= 11 is 0. The van der Waals surface area contributed by atoms with Crippen LogP contribution < -0.4 is 30.7 Å². The van der Waals surface area contributed by atoms with Crippen molar-refractivity contribution in [3.8, 4) is 11.5 Å². The largest absolute Gasteiger partial charge is 0.431 e. The van der Waals surface area contributed by atoms with Gasteiger partial charge in [0, 0.05) is 12.2 Å². The number of aromatic nitrogens is 8. The zero-order valence-corrected chi connectivity index (χ0v) is 37.7. The SMILES string of the molecule is CC(N[P@](=O)(CO[C@H](C)Cn1cnc2c(N)ncnc21)Oc1ccccc1)C(=O)OC(=O)/C=C/C(=O)OC(=O)C(C)N[P@](=O)(CO[C@H](C)Cn1cnc2c(N)ncnc21)Oc1ccccc1. The maximum absolute atomic E-state index is 14.1. The standard InChI is InChI=1S/C40H46N12O12P2/c1-25(17-51-21-47-33-35(41)43-19-45-37(33)51)59-23-65(57,63-29-11-7-5-8-12-29)49-27(3)39(55)61-31(53)15-16-32(54)62-40(56)28(4)50-66(58,64-30-13-9-6-10-14-30)24-60-26(2)18-52-22-48-34-36(42)44-20-46-38(34)52/h5-16,19-22,25-28H,17-18,23-24H2,1-4H3,(H,49,57)(H,50,58)(H2,41,43,45)(H2,42,44,46)/b16-15+/t25-,26-,27?,28?,65+,66+/m1/s1. The average molecular weight is 949 g/mol. The number of esters is 4. The quantitative estimate of drug-likeness (QED) is 0.0326. The maximum Gasteiger partial charge on any atom is 0.342 e. The Bertz CT molecular complexity index is 2610. The molecule has 2 unspecified atom stereocenters. The summed E-state index contributed by atoms with van der Waals surface area (Å²) in [5.41, 5.74) is 13.5. The molecule has 0 aliphatic rings. The minimum absolute atomic E-state index is 0.197. The number of carbonyl (C=O) groups excluding carboxylic acids is 4. The molecule has 0 amide bonds. The second kappa shape index (κ2) is 21.8. The van der Waals surface area contributed by atoms with Crippen LogP contribution in [0.15, 0.2) is 98.1 Å². The summed E-state index contributed by atoms with van der Waals surface area (Å²) in [4.78, 5) is 75.8. The van der Waals surface area contributed by atoms with Gasteiger partial charge in [-0.1, -0.05) is 36.4 Å². The lowest BCUT2D eigenvalue weighted by atomic mass is 10.3. The van der Waals surface area contributed by atoms with Crippen molar-refractivity contribution < 1.29 is 56.3 Å². The highest BCUT2D eigenvalue weighted by Gasteiger charge is 2.34. The number of nitrogens with two attached hydrogens (primary N) is 2. The van der Waals surface area contributed by atoms with Crippen LogP contribution in [-0.2, 0) is 60.3 Å². The van der Waals surface area contributed by atoms with Crippen LogP contribution in [-0.4, -0.2) is 99.9 Å². The van der Waals surface area contributed by atoms with Crippen LogP contribution in [0, 0.1) is 0 Å². The molecule has 0 aliphatic carbocycles. The zero-order chi connectivity index (χ0) is 47.4. The number of fused-ring (bicyclic) bond motifs is 2. The normalized spacial score (nSPS) is 15.3. The maximum atomic E-state index is 14.1. The van der Waals surface area contributed by atoms with Crippen molar-refractivity contribution >= 4 is 72.9 Å². The first kappa shape index (κ1) is 48.5. The number of ether oxygens (including phenoxy) is 4. The van der Waals surface area contributed by atoms with Crippen molar-refractivity contribution in [3.05, 3.63) is 98.1 Å². The molecule has 2 aromatic carbocycles. The van der Waals surface area contributed by atoms with Gasteiger partial charge >= 0.3 is 38.9 Å². The van der Waals surface area contributed by atoms with E-state index in [1.54, 1.807) is 83.6 Å². The highest BCUT2D eigenvalue weighted by Crippen LogP contribution is 2.45. The van der Waals surface area contributed by atoms with E-state index >= 15 is 0 Å². The highest BCUT2D eigenvalue weighted by atomic mass is 31.2. The first-order valence-electron chi connectivity index (χ1n) is 20.0. The lowest BCUT2D eigenvalue weighted by molar-refractivity contribution is -0.160. The summed E-state index contributed by atoms with van der Waals surface area (Å²) in [5, 5.41) is 5.14. The molecular formula is C40H46N12O12P2. The third kappa shape index (κ3) is 13.3. The third-order valence-electron chi connectivity index (χ3n) is 9.06. The van der Waals surface area contributed by atoms with Gasteiger partial charge in [-0.05, 0) is 52.0 Å². The molecule has 66 heavy (non-hydrogen) atoms. The van der Waals surface area contributed by atoms with Gasteiger partial charge in [0.1, 0.15) is 60.0 Å². The molecule has 26 heteroatoms. The Hall–Kier alpha value is -6.94. The molecule has 6 aromatic rings. The Labute approximate surface area is 376 Å². The number of carbonyl (C=O) groups is 4. The van der Waals surface area contributed by atoms with Crippen molar-refractivity contribution in [3.63, 3.8) is 0 Å². The van der Waals surface area contributed by atoms with Crippen LogP contribution in [0.5, 0.6) is 11.5 Å². The molecule has 0 spiro atoms. The summed E-state index contributed by atoms with van der Waals surface area (Å²) in [6.45, 7) is 6.40. The number of imidazole rings is 2. The van der Waals surface area contributed by atoms with E-state index in [1.807, 2.05) is 0 Å². The molecule has 348 valence electrons. The second-order valence-corrected chi connectivity index (χ2v) is 18.6. The summed E-state index contributed by atoms with van der Waals surface area (Å²) in [5.74, 6) is -4.23. The molecule has 24 nitrogen and oxygen atoms in total. The van der Waals surface area contributed by atoms with Gasteiger partial charge in [-0.2, -0.15) is 0 Å². The topological polar surface area (TPSA) is 321 Å². The lowest BCUT2D eigenvalue weighted by Crippen LogP contribution is -2.37. The number of para-hydroxylation sites is 2. The third-order valence-corrected chi connectivity index (χ3v) is 12.6. The van der Waals surface area contributed by atoms with Gasteiger partial charge in [0.25, 0.3) is 0 Å². The average Bonchev–Trinajstić information content (AvgIpc) is 3.90. The van der Waals surface area contributed by atoms with Crippen molar-refractivity contribution in [2.75, 3.05) is 24.2 Å². The highest BCUT2D eigenvalue weighted by molar-refractivity contribution is 7.57. The molecule has 0 bridgehead atoms. The first-order chi connectivity index (χ1) is 31.5. The summed E-state index contributed by atoms with van der Waals surface area (Å²) in [7, 11) is -8.11.